The van der Waals surface area contributed by atoms with Gasteiger partial charge in [0, 0.05) is 45.6 Å². The third-order valence-corrected chi connectivity index (χ3v) is 5.83. The molecule has 0 radical (unpaired) electrons. The van der Waals surface area contributed by atoms with Gasteiger partial charge in [-0.05, 0) is 37.8 Å². The Morgan fingerprint density at radius 2 is 1.82 bits per heavy atom. The van der Waals surface area contributed by atoms with Crippen LogP contribution in [0.5, 0.6) is 5.75 Å². The Balaban J connectivity index is 1.65. The first-order valence-corrected chi connectivity index (χ1v) is 10.5. The molecule has 0 N–H and O–H groups in total. The van der Waals surface area contributed by atoms with Crippen molar-refractivity contribution in [2.45, 2.75) is 57.6 Å². The summed E-state index contributed by atoms with van der Waals surface area (Å²) in [4.78, 5) is 29.0. The molecule has 2 heterocycles. The zero-order valence-electron chi connectivity index (χ0n) is 17.1. The Morgan fingerprint density at radius 3 is 2.54 bits per heavy atom. The Morgan fingerprint density at radius 1 is 1.07 bits per heavy atom. The lowest BCUT2D eigenvalue weighted by Gasteiger charge is -2.36. The first kappa shape index (κ1) is 20.6. The Bertz CT molecular complexity index is 670. The molecule has 0 aliphatic carbocycles. The van der Waals surface area contributed by atoms with E-state index in [1.54, 1.807) is 0 Å². The van der Waals surface area contributed by atoms with Gasteiger partial charge in [0.05, 0.1) is 5.56 Å². The number of methoxy groups -OCH3 is 1. The van der Waals surface area contributed by atoms with E-state index in [9.17, 15) is 9.59 Å². The van der Waals surface area contributed by atoms with Crippen molar-refractivity contribution < 1.29 is 19.1 Å². The van der Waals surface area contributed by atoms with Crippen molar-refractivity contribution >= 4 is 11.8 Å². The van der Waals surface area contributed by atoms with Crippen molar-refractivity contribution in [3.05, 3.63) is 29.8 Å². The van der Waals surface area contributed by atoms with Crippen molar-refractivity contribution in [3.8, 4) is 5.75 Å². The van der Waals surface area contributed by atoms with Gasteiger partial charge in [-0.2, -0.15) is 0 Å². The lowest BCUT2D eigenvalue weighted by Crippen LogP contribution is -2.44. The Labute approximate surface area is 167 Å². The van der Waals surface area contributed by atoms with Crippen LogP contribution >= 0.6 is 0 Å². The SMILES string of the molecule is CCC1CCCCN1C(=O)c1ccccc1OC1CCN(C(=O)COC)CC1. The summed E-state index contributed by atoms with van der Waals surface area (Å²) < 4.78 is 11.2. The smallest absolute Gasteiger partial charge is 0.257 e. The number of carbonyl (C=O) groups is 2. The van der Waals surface area contributed by atoms with Crippen LogP contribution < -0.4 is 4.74 Å². The lowest BCUT2D eigenvalue weighted by atomic mass is 9.98. The summed E-state index contributed by atoms with van der Waals surface area (Å²) in [6.07, 6.45) is 5.88. The van der Waals surface area contributed by atoms with Gasteiger partial charge in [0.1, 0.15) is 18.5 Å². The lowest BCUT2D eigenvalue weighted by molar-refractivity contribution is -0.136. The number of ether oxygens (including phenoxy) is 2. The van der Waals surface area contributed by atoms with Crippen molar-refractivity contribution in [2.75, 3.05) is 33.4 Å². The number of hydrogen-bond donors (Lipinski definition) is 0. The van der Waals surface area contributed by atoms with Crippen LogP contribution in [0.25, 0.3) is 0 Å². The van der Waals surface area contributed by atoms with Crippen LogP contribution in [0.1, 0.15) is 55.8 Å². The monoisotopic (exact) mass is 388 g/mol. The topological polar surface area (TPSA) is 59.1 Å². The maximum atomic E-state index is 13.2. The van der Waals surface area contributed by atoms with Gasteiger partial charge in [-0.15, -0.1) is 0 Å². The van der Waals surface area contributed by atoms with E-state index in [0.29, 0.717) is 30.4 Å². The summed E-state index contributed by atoms with van der Waals surface area (Å²) in [6.45, 7) is 4.42. The number of rotatable bonds is 6. The van der Waals surface area contributed by atoms with Gasteiger partial charge in [0.2, 0.25) is 5.91 Å². The van der Waals surface area contributed by atoms with Crippen molar-refractivity contribution in [3.63, 3.8) is 0 Å². The first-order valence-electron chi connectivity index (χ1n) is 10.5. The zero-order chi connectivity index (χ0) is 19.9. The summed E-state index contributed by atoms with van der Waals surface area (Å²) in [6, 6.07) is 7.90. The summed E-state index contributed by atoms with van der Waals surface area (Å²) in [5.74, 6) is 0.761. The van der Waals surface area contributed by atoms with Gasteiger partial charge in [-0.3, -0.25) is 9.59 Å². The number of amides is 2. The van der Waals surface area contributed by atoms with E-state index < -0.39 is 0 Å². The van der Waals surface area contributed by atoms with Crippen LogP contribution in [-0.4, -0.2) is 67.1 Å². The third kappa shape index (κ3) is 4.85. The predicted molar refractivity (Wildman–Crippen MR) is 108 cm³/mol. The van der Waals surface area contributed by atoms with E-state index in [2.05, 4.69) is 6.92 Å². The molecule has 2 amide bonds. The molecule has 1 aromatic carbocycles. The molecule has 1 atom stereocenters. The quantitative estimate of drug-likeness (QED) is 0.751. The molecule has 2 fully saturated rings. The highest BCUT2D eigenvalue weighted by atomic mass is 16.5. The van der Waals surface area contributed by atoms with Gasteiger partial charge >= 0.3 is 0 Å². The molecule has 6 heteroatoms. The molecule has 154 valence electrons. The van der Waals surface area contributed by atoms with Gasteiger partial charge in [0.15, 0.2) is 0 Å². The van der Waals surface area contributed by atoms with E-state index in [1.165, 1.54) is 13.5 Å². The largest absolute Gasteiger partial charge is 0.489 e. The predicted octanol–water partition coefficient (Wildman–Crippen LogP) is 3.11. The summed E-state index contributed by atoms with van der Waals surface area (Å²) in [5.41, 5.74) is 0.653. The highest BCUT2D eigenvalue weighted by Gasteiger charge is 2.29. The number of piperidine rings is 2. The van der Waals surface area contributed by atoms with Crippen LogP contribution in [0.4, 0.5) is 0 Å². The van der Waals surface area contributed by atoms with E-state index >= 15 is 0 Å². The molecule has 1 unspecified atom stereocenters. The van der Waals surface area contributed by atoms with Crippen LogP contribution in [0.2, 0.25) is 0 Å². The molecule has 6 nitrogen and oxygen atoms in total. The first-order chi connectivity index (χ1) is 13.6. The van der Waals surface area contributed by atoms with E-state index in [1.807, 2.05) is 34.1 Å². The minimum atomic E-state index is 0.0175. The van der Waals surface area contributed by atoms with Crippen LogP contribution in [0, 0.1) is 0 Å². The molecular formula is C22H32N2O4. The average Bonchev–Trinajstić information content (AvgIpc) is 2.74. The molecule has 0 saturated carbocycles. The average molecular weight is 389 g/mol. The fourth-order valence-electron chi connectivity index (χ4n) is 4.21. The molecule has 2 aliphatic heterocycles. The van der Waals surface area contributed by atoms with E-state index in [0.717, 1.165) is 38.6 Å². The number of nitrogens with zero attached hydrogens (tertiary/aromatic N) is 2. The normalized spacial score (nSPS) is 20.9. The van der Waals surface area contributed by atoms with Gasteiger partial charge in [-0.1, -0.05) is 19.1 Å². The second-order valence-corrected chi connectivity index (χ2v) is 7.68. The molecule has 3 rings (SSSR count). The zero-order valence-corrected chi connectivity index (χ0v) is 17.1. The maximum Gasteiger partial charge on any atom is 0.257 e. The molecular weight excluding hydrogens is 356 g/mol. The summed E-state index contributed by atoms with van der Waals surface area (Å²) >= 11 is 0. The van der Waals surface area contributed by atoms with Crippen LogP contribution in [0.3, 0.4) is 0 Å². The summed E-state index contributed by atoms with van der Waals surface area (Å²) in [5, 5.41) is 0. The molecule has 0 bridgehead atoms. The van der Waals surface area contributed by atoms with Crippen molar-refractivity contribution in [1.82, 2.24) is 9.80 Å². The molecule has 2 aliphatic rings. The van der Waals surface area contributed by atoms with Crippen LogP contribution in [0.15, 0.2) is 24.3 Å². The van der Waals surface area contributed by atoms with Crippen molar-refractivity contribution in [2.24, 2.45) is 0 Å². The second kappa shape index (κ2) is 9.92. The van der Waals surface area contributed by atoms with E-state index in [-0.39, 0.29) is 24.5 Å². The molecule has 0 spiro atoms. The molecule has 2 saturated heterocycles. The highest BCUT2D eigenvalue weighted by molar-refractivity contribution is 5.97. The van der Waals surface area contributed by atoms with Gasteiger partial charge < -0.3 is 19.3 Å². The Hall–Kier alpha value is -2.08. The molecule has 1 aromatic rings. The number of para-hydroxylation sites is 1. The van der Waals surface area contributed by atoms with Crippen molar-refractivity contribution in [1.29, 1.82) is 0 Å². The number of benzene rings is 1. The highest BCUT2D eigenvalue weighted by Crippen LogP contribution is 2.28. The molecule has 0 aromatic heterocycles. The third-order valence-electron chi connectivity index (χ3n) is 5.83. The van der Waals surface area contributed by atoms with Gasteiger partial charge in [0.25, 0.3) is 5.91 Å². The minimum absolute atomic E-state index is 0.0175. The fourth-order valence-corrected chi connectivity index (χ4v) is 4.21. The number of hydrogen-bond acceptors (Lipinski definition) is 4. The van der Waals surface area contributed by atoms with Crippen LogP contribution in [-0.2, 0) is 9.53 Å². The Kier molecular flexibility index (Phi) is 7.31. The van der Waals surface area contributed by atoms with Gasteiger partial charge in [-0.25, -0.2) is 0 Å². The maximum absolute atomic E-state index is 13.2. The number of likely N-dealkylation sites (tertiary alicyclic amines) is 2. The number of carbonyl (C=O) groups excluding carboxylic acids is 2. The molecule has 28 heavy (non-hydrogen) atoms. The minimum Gasteiger partial charge on any atom is -0.489 e. The van der Waals surface area contributed by atoms with E-state index in [4.69, 9.17) is 9.47 Å². The summed E-state index contributed by atoms with van der Waals surface area (Å²) in [7, 11) is 1.53. The standard InChI is InChI=1S/C22H32N2O4/c1-3-17-8-6-7-13-24(17)22(26)19-9-4-5-10-20(19)28-18-11-14-23(15-12-18)21(25)16-27-2/h4-5,9-10,17-18H,3,6-8,11-16H2,1-2H3. The fraction of sp³-hybridized carbons (Fsp3) is 0.636. The second-order valence-electron chi connectivity index (χ2n) is 7.68.